The van der Waals surface area contributed by atoms with Crippen LogP contribution in [0.15, 0.2) is 70.6 Å². The van der Waals surface area contributed by atoms with E-state index >= 15 is 0 Å². The molecule has 4 rings (SSSR count). The van der Waals surface area contributed by atoms with Crippen molar-refractivity contribution in [3.63, 3.8) is 0 Å². The first-order valence-electron chi connectivity index (χ1n) is 13.6. The Bertz CT molecular complexity index is 1220. The van der Waals surface area contributed by atoms with Gasteiger partial charge >= 0.3 is 0 Å². The molecule has 0 spiro atoms. The number of aromatic nitrogens is 1. The van der Waals surface area contributed by atoms with Gasteiger partial charge in [-0.3, -0.25) is 9.98 Å². The molecule has 0 bridgehead atoms. The molecule has 1 aliphatic carbocycles. The second kappa shape index (κ2) is 11.8. The Morgan fingerprint density at radius 2 is 1.25 bits per heavy atom. The summed E-state index contributed by atoms with van der Waals surface area (Å²) in [5, 5.41) is 0. The van der Waals surface area contributed by atoms with Gasteiger partial charge in [0, 0.05) is 0 Å². The lowest BCUT2D eigenvalue weighted by molar-refractivity contribution is 0.444. The summed E-state index contributed by atoms with van der Waals surface area (Å²) in [6.45, 7) is 13.1. The largest absolute Gasteiger partial charge is 0.251 e. The van der Waals surface area contributed by atoms with E-state index in [0.717, 1.165) is 34.2 Å². The Morgan fingerprint density at radius 1 is 0.694 bits per heavy atom. The molecule has 36 heavy (non-hydrogen) atoms. The van der Waals surface area contributed by atoms with E-state index in [-0.39, 0.29) is 0 Å². The quantitative estimate of drug-likeness (QED) is 0.311. The molecule has 3 heteroatoms. The van der Waals surface area contributed by atoms with Crippen LogP contribution in [0.5, 0.6) is 0 Å². The van der Waals surface area contributed by atoms with Crippen LogP contribution in [0.25, 0.3) is 0 Å². The summed E-state index contributed by atoms with van der Waals surface area (Å²) < 4.78 is 0. The standard InChI is InChI=1S/C33H41N3/c1-22(2)27-17-12-18-28(23(3)4)33(27)35-25(6)31-21-13-20-30(36-31)24(5)34-32-19-11-10-16-29(32)26-14-8-7-9-15-26/h10-13,16-23,26H,7-9,14-15H2,1-6H3. The summed E-state index contributed by atoms with van der Waals surface area (Å²) in [7, 11) is 0. The van der Waals surface area contributed by atoms with Crippen LogP contribution in [0.3, 0.4) is 0 Å². The van der Waals surface area contributed by atoms with Crippen molar-refractivity contribution in [2.75, 3.05) is 0 Å². The normalized spacial score (nSPS) is 15.7. The van der Waals surface area contributed by atoms with Gasteiger partial charge in [-0.1, -0.05) is 89.4 Å². The van der Waals surface area contributed by atoms with Gasteiger partial charge in [-0.2, -0.15) is 0 Å². The number of hydrogen-bond acceptors (Lipinski definition) is 3. The first kappa shape index (κ1) is 26.0. The summed E-state index contributed by atoms with van der Waals surface area (Å²) in [4.78, 5) is 15.2. The second-order valence-electron chi connectivity index (χ2n) is 10.8. The zero-order valence-electron chi connectivity index (χ0n) is 22.9. The average Bonchev–Trinajstić information content (AvgIpc) is 2.89. The number of rotatable bonds is 7. The lowest BCUT2D eigenvalue weighted by Gasteiger charge is -2.23. The second-order valence-corrected chi connectivity index (χ2v) is 10.8. The fourth-order valence-corrected chi connectivity index (χ4v) is 5.29. The van der Waals surface area contributed by atoms with Gasteiger partial charge in [-0.15, -0.1) is 0 Å². The molecule has 1 aliphatic rings. The Balaban J connectivity index is 1.68. The van der Waals surface area contributed by atoms with Crippen molar-refractivity contribution in [3.8, 4) is 0 Å². The molecule has 0 atom stereocenters. The lowest BCUT2D eigenvalue weighted by Crippen LogP contribution is -2.07. The minimum atomic E-state index is 0.410. The number of pyridine rings is 1. The molecule has 0 aliphatic heterocycles. The molecule has 0 radical (unpaired) electrons. The molecule has 0 amide bonds. The zero-order valence-corrected chi connectivity index (χ0v) is 22.9. The molecule has 2 aromatic carbocycles. The van der Waals surface area contributed by atoms with Crippen molar-refractivity contribution in [1.29, 1.82) is 0 Å². The highest BCUT2D eigenvalue weighted by Gasteiger charge is 2.18. The van der Waals surface area contributed by atoms with Gasteiger partial charge in [0.1, 0.15) is 0 Å². The van der Waals surface area contributed by atoms with E-state index in [1.54, 1.807) is 0 Å². The summed E-state index contributed by atoms with van der Waals surface area (Å²) >= 11 is 0. The first-order valence-corrected chi connectivity index (χ1v) is 13.6. The smallest absolute Gasteiger partial charge is 0.0849 e. The molecule has 3 aromatic rings. The zero-order chi connectivity index (χ0) is 25.7. The minimum Gasteiger partial charge on any atom is -0.251 e. The van der Waals surface area contributed by atoms with E-state index in [9.17, 15) is 0 Å². The van der Waals surface area contributed by atoms with Crippen LogP contribution >= 0.6 is 0 Å². The molecule has 1 heterocycles. The van der Waals surface area contributed by atoms with Gasteiger partial charge in [-0.05, 0) is 79.3 Å². The highest BCUT2D eigenvalue weighted by Crippen LogP contribution is 2.38. The maximum Gasteiger partial charge on any atom is 0.0849 e. The highest BCUT2D eigenvalue weighted by molar-refractivity contribution is 6.02. The SMILES string of the molecule is CC(=Nc1ccccc1C1CCCCC1)c1cccc(C(C)=Nc2c(C(C)C)cccc2C(C)C)n1. The molecule has 0 N–H and O–H groups in total. The predicted octanol–water partition coefficient (Wildman–Crippen LogP) is 9.66. The van der Waals surface area contributed by atoms with Crippen LogP contribution in [0.2, 0.25) is 0 Å². The van der Waals surface area contributed by atoms with Crippen molar-refractivity contribution < 1.29 is 0 Å². The Hall–Kier alpha value is -3.07. The van der Waals surface area contributed by atoms with Gasteiger partial charge in [-0.25, -0.2) is 4.98 Å². The number of hydrogen-bond donors (Lipinski definition) is 0. The van der Waals surface area contributed by atoms with Crippen molar-refractivity contribution in [2.45, 2.75) is 91.4 Å². The topological polar surface area (TPSA) is 37.6 Å². The van der Waals surface area contributed by atoms with Crippen LogP contribution in [0, 0.1) is 0 Å². The maximum atomic E-state index is 5.15. The van der Waals surface area contributed by atoms with Crippen LogP contribution in [-0.2, 0) is 0 Å². The molecular formula is C33H41N3. The van der Waals surface area contributed by atoms with Gasteiger partial charge in [0.15, 0.2) is 0 Å². The predicted molar refractivity (Wildman–Crippen MR) is 155 cm³/mol. The third kappa shape index (κ3) is 6.00. The third-order valence-corrected chi connectivity index (χ3v) is 7.38. The van der Waals surface area contributed by atoms with Crippen molar-refractivity contribution >= 4 is 22.8 Å². The Kier molecular flexibility index (Phi) is 8.51. The maximum absolute atomic E-state index is 5.15. The number of aliphatic imine (C=N–C) groups is 2. The van der Waals surface area contributed by atoms with E-state index in [0.29, 0.717) is 17.8 Å². The summed E-state index contributed by atoms with van der Waals surface area (Å²) in [5.74, 6) is 1.44. The average molecular weight is 480 g/mol. The first-order chi connectivity index (χ1) is 17.3. The van der Waals surface area contributed by atoms with E-state index < -0.39 is 0 Å². The van der Waals surface area contributed by atoms with Gasteiger partial charge < -0.3 is 0 Å². The number of benzene rings is 2. The van der Waals surface area contributed by atoms with E-state index in [1.807, 2.05) is 0 Å². The molecule has 0 saturated heterocycles. The molecule has 1 aromatic heterocycles. The number of nitrogens with zero attached hydrogens (tertiary/aromatic N) is 3. The summed E-state index contributed by atoms with van der Waals surface area (Å²) in [6, 6.07) is 21.4. The molecule has 0 unspecified atom stereocenters. The fraction of sp³-hybridized carbons (Fsp3) is 0.424. The lowest BCUT2D eigenvalue weighted by atomic mass is 9.83. The van der Waals surface area contributed by atoms with Crippen LogP contribution in [0.4, 0.5) is 11.4 Å². The number of para-hydroxylation sites is 2. The Morgan fingerprint density at radius 3 is 1.86 bits per heavy atom. The minimum absolute atomic E-state index is 0.410. The molecular weight excluding hydrogens is 438 g/mol. The fourth-order valence-electron chi connectivity index (χ4n) is 5.29. The van der Waals surface area contributed by atoms with E-state index in [4.69, 9.17) is 15.0 Å². The van der Waals surface area contributed by atoms with Crippen LogP contribution < -0.4 is 0 Å². The van der Waals surface area contributed by atoms with E-state index in [1.165, 1.54) is 48.8 Å². The van der Waals surface area contributed by atoms with E-state index in [2.05, 4.69) is 102 Å². The highest BCUT2D eigenvalue weighted by atomic mass is 14.8. The van der Waals surface area contributed by atoms with Gasteiger partial charge in [0.05, 0.1) is 34.2 Å². The van der Waals surface area contributed by atoms with Crippen molar-refractivity contribution in [3.05, 3.63) is 88.7 Å². The van der Waals surface area contributed by atoms with Crippen molar-refractivity contribution in [2.24, 2.45) is 9.98 Å². The van der Waals surface area contributed by atoms with Crippen LogP contribution in [0.1, 0.15) is 119 Å². The van der Waals surface area contributed by atoms with Gasteiger partial charge in [0.25, 0.3) is 0 Å². The monoisotopic (exact) mass is 479 g/mol. The summed E-state index contributed by atoms with van der Waals surface area (Å²) in [6.07, 6.45) is 6.54. The molecule has 188 valence electrons. The molecule has 1 saturated carbocycles. The summed E-state index contributed by atoms with van der Waals surface area (Å²) in [5.41, 5.74) is 9.82. The van der Waals surface area contributed by atoms with Crippen LogP contribution in [-0.4, -0.2) is 16.4 Å². The Labute approximate surface area is 217 Å². The van der Waals surface area contributed by atoms with Gasteiger partial charge in [0.2, 0.25) is 0 Å². The molecule has 3 nitrogen and oxygen atoms in total. The molecule has 1 fully saturated rings. The third-order valence-electron chi connectivity index (χ3n) is 7.38. The van der Waals surface area contributed by atoms with Crippen molar-refractivity contribution in [1.82, 2.24) is 4.98 Å².